The summed E-state index contributed by atoms with van der Waals surface area (Å²) in [5.41, 5.74) is 0.638. The highest BCUT2D eigenvalue weighted by Crippen LogP contribution is 2.23. The van der Waals surface area contributed by atoms with Crippen LogP contribution in [0.4, 0.5) is 10.8 Å². The van der Waals surface area contributed by atoms with Crippen LogP contribution in [0, 0.1) is 17.0 Å². The summed E-state index contributed by atoms with van der Waals surface area (Å²) < 4.78 is 0. The largest absolute Gasteiger partial charge is 0.298 e. The fourth-order valence-electron chi connectivity index (χ4n) is 1.38. The summed E-state index contributed by atoms with van der Waals surface area (Å²) in [4.78, 5) is 26.1. The van der Waals surface area contributed by atoms with Crippen molar-refractivity contribution < 1.29 is 9.72 Å². The molecule has 1 amide bonds. The zero-order valence-electron chi connectivity index (χ0n) is 9.71. The minimum absolute atomic E-state index is 0.0451. The predicted molar refractivity (Wildman–Crippen MR) is 72.9 cm³/mol. The first-order chi connectivity index (χ1) is 8.97. The lowest BCUT2D eigenvalue weighted by molar-refractivity contribution is -0.384. The van der Waals surface area contributed by atoms with Crippen molar-refractivity contribution in [3.63, 3.8) is 0 Å². The topological polar surface area (TPSA) is 85.1 Å². The van der Waals surface area contributed by atoms with Gasteiger partial charge in [0, 0.05) is 17.5 Å². The SMILES string of the molecule is Cc1csc(NC(=O)c2cc([N+](=O)[O-])ccc2Cl)n1. The quantitative estimate of drug-likeness (QED) is 0.696. The van der Waals surface area contributed by atoms with Crippen molar-refractivity contribution in [1.82, 2.24) is 4.98 Å². The highest BCUT2D eigenvalue weighted by Gasteiger charge is 2.16. The molecule has 1 aromatic heterocycles. The van der Waals surface area contributed by atoms with Gasteiger partial charge in [0.25, 0.3) is 11.6 Å². The number of thiazole rings is 1. The number of non-ortho nitro benzene ring substituents is 1. The molecule has 0 aliphatic heterocycles. The van der Waals surface area contributed by atoms with Gasteiger partial charge in [0.2, 0.25) is 0 Å². The molecule has 0 fully saturated rings. The second kappa shape index (κ2) is 5.33. The maximum absolute atomic E-state index is 12.0. The lowest BCUT2D eigenvalue weighted by Gasteiger charge is -2.03. The normalized spacial score (nSPS) is 10.2. The van der Waals surface area contributed by atoms with E-state index in [1.165, 1.54) is 23.5 Å². The Bertz CT molecular complexity index is 656. The molecule has 19 heavy (non-hydrogen) atoms. The first-order valence-electron chi connectivity index (χ1n) is 5.15. The molecular weight excluding hydrogens is 290 g/mol. The molecule has 0 spiro atoms. The van der Waals surface area contributed by atoms with Crippen LogP contribution in [0.2, 0.25) is 5.02 Å². The molecule has 6 nitrogen and oxygen atoms in total. The summed E-state index contributed by atoms with van der Waals surface area (Å²) >= 11 is 7.14. The lowest BCUT2D eigenvalue weighted by atomic mass is 10.2. The number of nitrogens with zero attached hydrogens (tertiary/aromatic N) is 2. The monoisotopic (exact) mass is 297 g/mol. The molecule has 2 rings (SSSR count). The number of carbonyl (C=O) groups excluding carboxylic acids is 1. The molecule has 0 unspecified atom stereocenters. The van der Waals surface area contributed by atoms with E-state index in [4.69, 9.17) is 11.6 Å². The highest BCUT2D eigenvalue weighted by atomic mass is 35.5. The van der Waals surface area contributed by atoms with Crippen LogP contribution in [0.5, 0.6) is 0 Å². The van der Waals surface area contributed by atoms with Gasteiger partial charge in [0.1, 0.15) is 0 Å². The predicted octanol–water partition coefficient (Wildman–Crippen LogP) is 3.27. The van der Waals surface area contributed by atoms with Crippen molar-refractivity contribution in [3.8, 4) is 0 Å². The fourth-order valence-corrected chi connectivity index (χ4v) is 2.26. The van der Waals surface area contributed by atoms with E-state index in [0.717, 1.165) is 11.8 Å². The Kier molecular flexibility index (Phi) is 3.77. The van der Waals surface area contributed by atoms with Gasteiger partial charge in [-0.2, -0.15) is 0 Å². The molecule has 0 saturated carbocycles. The zero-order chi connectivity index (χ0) is 14.0. The maximum Gasteiger partial charge on any atom is 0.270 e. The minimum Gasteiger partial charge on any atom is -0.298 e. The number of nitro groups is 1. The van der Waals surface area contributed by atoms with Crippen LogP contribution in [0.3, 0.4) is 0 Å². The van der Waals surface area contributed by atoms with Gasteiger partial charge in [-0.25, -0.2) is 4.98 Å². The molecule has 0 radical (unpaired) electrons. The van der Waals surface area contributed by atoms with E-state index >= 15 is 0 Å². The zero-order valence-corrected chi connectivity index (χ0v) is 11.3. The smallest absolute Gasteiger partial charge is 0.270 e. The van der Waals surface area contributed by atoms with Crippen LogP contribution in [-0.2, 0) is 0 Å². The molecule has 0 aliphatic carbocycles. The van der Waals surface area contributed by atoms with Crippen molar-refractivity contribution in [2.24, 2.45) is 0 Å². The van der Waals surface area contributed by atoms with Crippen LogP contribution in [0.25, 0.3) is 0 Å². The van der Waals surface area contributed by atoms with Gasteiger partial charge in [-0.1, -0.05) is 11.6 Å². The number of amides is 1. The van der Waals surface area contributed by atoms with Crippen molar-refractivity contribution in [2.45, 2.75) is 6.92 Å². The third kappa shape index (κ3) is 3.07. The van der Waals surface area contributed by atoms with Crippen LogP contribution in [0.15, 0.2) is 23.6 Å². The number of hydrogen-bond acceptors (Lipinski definition) is 5. The van der Waals surface area contributed by atoms with Gasteiger partial charge in [-0.05, 0) is 13.0 Å². The number of benzene rings is 1. The molecule has 2 aromatic rings. The summed E-state index contributed by atoms with van der Waals surface area (Å²) in [5.74, 6) is -0.525. The molecule has 98 valence electrons. The number of aryl methyl sites for hydroxylation is 1. The number of aromatic nitrogens is 1. The van der Waals surface area contributed by atoms with Gasteiger partial charge in [0.05, 0.1) is 21.2 Å². The van der Waals surface area contributed by atoms with Gasteiger partial charge >= 0.3 is 0 Å². The average molecular weight is 298 g/mol. The van der Waals surface area contributed by atoms with Gasteiger partial charge < -0.3 is 0 Å². The molecule has 0 bridgehead atoms. The first kappa shape index (κ1) is 13.4. The first-order valence-corrected chi connectivity index (χ1v) is 6.40. The molecule has 0 atom stereocenters. The number of hydrogen-bond donors (Lipinski definition) is 1. The van der Waals surface area contributed by atoms with E-state index < -0.39 is 10.8 Å². The summed E-state index contributed by atoms with van der Waals surface area (Å²) in [5, 5.41) is 15.6. The number of rotatable bonds is 3. The molecule has 0 aliphatic rings. The number of anilines is 1. The molecule has 1 N–H and O–H groups in total. The summed E-state index contributed by atoms with van der Waals surface area (Å²) in [6, 6.07) is 3.70. The molecule has 8 heteroatoms. The minimum atomic E-state index is -0.583. The Hall–Kier alpha value is -1.99. The van der Waals surface area contributed by atoms with E-state index in [9.17, 15) is 14.9 Å². The Morgan fingerprint density at radius 1 is 1.53 bits per heavy atom. The Balaban J connectivity index is 2.27. The fraction of sp³-hybridized carbons (Fsp3) is 0.0909. The third-order valence-electron chi connectivity index (χ3n) is 2.24. The Morgan fingerprint density at radius 3 is 2.84 bits per heavy atom. The van der Waals surface area contributed by atoms with Crippen molar-refractivity contribution in [3.05, 3.63) is 50.0 Å². The summed E-state index contributed by atoms with van der Waals surface area (Å²) in [7, 11) is 0. The summed E-state index contributed by atoms with van der Waals surface area (Å²) in [6.07, 6.45) is 0. The second-order valence-electron chi connectivity index (χ2n) is 3.67. The number of nitro benzene ring substituents is 1. The summed E-state index contributed by atoms with van der Waals surface area (Å²) in [6.45, 7) is 1.80. The molecular formula is C11H8ClN3O3S. The van der Waals surface area contributed by atoms with Crippen LogP contribution < -0.4 is 5.32 Å². The van der Waals surface area contributed by atoms with E-state index in [-0.39, 0.29) is 16.3 Å². The van der Waals surface area contributed by atoms with E-state index in [1.54, 1.807) is 12.3 Å². The van der Waals surface area contributed by atoms with Gasteiger partial charge in [-0.3, -0.25) is 20.2 Å². The van der Waals surface area contributed by atoms with E-state index in [0.29, 0.717) is 5.13 Å². The maximum atomic E-state index is 12.0. The van der Waals surface area contributed by atoms with Gasteiger partial charge in [-0.15, -0.1) is 11.3 Å². The van der Waals surface area contributed by atoms with Gasteiger partial charge in [0.15, 0.2) is 5.13 Å². The number of halogens is 1. The van der Waals surface area contributed by atoms with Crippen LogP contribution in [-0.4, -0.2) is 15.8 Å². The Labute approximate surface area is 117 Å². The van der Waals surface area contributed by atoms with E-state index in [2.05, 4.69) is 10.3 Å². The average Bonchev–Trinajstić information content (AvgIpc) is 2.74. The molecule has 0 saturated heterocycles. The van der Waals surface area contributed by atoms with Crippen LogP contribution >= 0.6 is 22.9 Å². The lowest BCUT2D eigenvalue weighted by Crippen LogP contribution is -2.12. The second-order valence-corrected chi connectivity index (χ2v) is 4.93. The number of nitrogens with one attached hydrogen (secondary N) is 1. The third-order valence-corrected chi connectivity index (χ3v) is 3.45. The van der Waals surface area contributed by atoms with Crippen LogP contribution in [0.1, 0.15) is 16.1 Å². The molecule has 1 heterocycles. The van der Waals surface area contributed by atoms with Crippen molar-refractivity contribution in [1.29, 1.82) is 0 Å². The standard InChI is InChI=1S/C11H8ClN3O3S/c1-6-5-19-11(13-6)14-10(16)8-4-7(15(17)18)2-3-9(8)12/h2-5H,1H3,(H,13,14,16). The van der Waals surface area contributed by atoms with E-state index in [1.807, 2.05) is 0 Å². The number of carbonyl (C=O) groups is 1. The van der Waals surface area contributed by atoms with Crippen molar-refractivity contribution >= 4 is 39.7 Å². The Morgan fingerprint density at radius 2 is 2.26 bits per heavy atom. The van der Waals surface area contributed by atoms with Crippen molar-refractivity contribution in [2.75, 3.05) is 5.32 Å². The molecule has 1 aromatic carbocycles. The highest BCUT2D eigenvalue weighted by molar-refractivity contribution is 7.13.